The van der Waals surface area contributed by atoms with E-state index in [9.17, 15) is 9.59 Å². The lowest BCUT2D eigenvalue weighted by Gasteiger charge is -2.31. The monoisotopic (exact) mass is 271 g/mol. The molecule has 3 saturated carbocycles. The summed E-state index contributed by atoms with van der Waals surface area (Å²) in [5, 5.41) is 0. The van der Waals surface area contributed by atoms with Gasteiger partial charge in [0.25, 0.3) is 0 Å². The zero-order valence-electron chi connectivity index (χ0n) is 11.8. The van der Waals surface area contributed by atoms with Gasteiger partial charge in [-0.05, 0) is 42.9 Å². The van der Waals surface area contributed by atoms with Crippen molar-refractivity contribution in [3.63, 3.8) is 0 Å². The van der Waals surface area contributed by atoms with Gasteiger partial charge in [0.15, 0.2) is 0 Å². The van der Waals surface area contributed by atoms with E-state index in [2.05, 4.69) is 12.2 Å². The van der Waals surface area contributed by atoms with Gasteiger partial charge in [0, 0.05) is 6.04 Å². The van der Waals surface area contributed by atoms with E-state index < -0.39 is 0 Å². The van der Waals surface area contributed by atoms with Gasteiger partial charge >= 0.3 is 0 Å². The molecule has 3 heteroatoms. The van der Waals surface area contributed by atoms with Gasteiger partial charge in [-0.25, -0.2) is 0 Å². The second-order valence-corrected chi connectivity index (χ2v) is 7.56. The number of hydrogen-bond acceptors (Lipinski definition) is 2. The number of carbonyl (C=O) groups excluding carboxylic acids is 2. The predicted octanol–water partition coefficient (Wildman–Crippen LogP) is 2.52. The topological polar surface area (TPSA) is 37.4 Å². The first kappa shape index (κ1) is 11.5. The minimum Gasteiger partial charge on any atom is -0.279 e. The fourth-order valence-electron chi connectivity index (χ4n) is 5.80. The number of imide groups is 1. The van der Waals surface area contributed by atoms with Crippen molar-refractivity contribution in [2.75, 3.05) is 0 Å². The molecule has 5 rings (SSSR count). The van der Waals surface area contributed by atoms with E-state index in [4.69, 9.17) is 0 Å². The fourth-order valence-corrected chi connectivity index (χ4v) is 5.80. The van der Waals surface area contributed by atoms with Gasteiger partial charge in [-0.1, -0.05) is 31.4 Å². The number of fused-ring (bicyclic) bond motifs is 3. The lowest BCUT2D eigenvalue weighted by Crippen LogP contribution is -2.43. The molecule has 3 nitrogen and oxygen atoms in total. The summed E-state index contributed by atoms with van der Waals surface area (Å²) in [5.74, 6) is 1.11. The molecule has 1 aliphatic heterocycles. The van der Waals surface area contributed by atoms with Crippen molar-refractivity contribution in [1.29, 1.82) is 0 Å². The van der Waals surface area contributed by atoms with Crippen LogP contribution < -0.4 is 0 Å². The third-order valence-electron chi connectivity index (χ3n) is 6.83. The molecule has 0 unspecified atom stereocenters. The highest BCUT2D eigenvalue weighted by Gasteiger charge is 2.73. The van der Waals surface area contributed by atoms with Gasteiger partial charge in [-0.15, -0.1) is 0 Å². The second kappa shape index (κ2) is 3.55. The van der Waals surface area contributed by atoms with Crippen molar-refractivity contribution in [2.45, 2.75) is 51.0 Å². The first-order valence-corrected chi connectivity index (χ1v) is 8.29. The molecule has 0 aromatic carbocycles. The summed E-state index contributed by atoms with van der Waals surface area (Å²) >= 11 is 0. The van der Waals surface area contributed by atoms with Crippen LogP contribution in [0.3, 0.4) is 0 Å². The van der Waals surface area contributed by atoms with Crippen LogP contribution >= 0.6 is 0 Å². The molecular weight excluding hydrogens is 250 g/mol. The van der Waals surface area contributed by atoms with Crippen LogP contribution in [0, 0.1) is 29.1 Å². The number of amides is 2. The third-order valence-corrected chi connectivity index (χ3v) is 6.83. The van der Waals surface area contributed by atoms with Gasteiger partial charge < -0.3 is 0 Å². The maximum absolute atomic E-state index is 12.9. The minimum absolute atomic E-state index is 0.00178. The summed E-state index contributed by atoms with van der Waals surface area (Å²) in [5.41, 5.74) is 0.333. The molecule has 4 fully saturated rings. The fraction of sp³-hybridized carbons (Fsp3) is 0.765. The number of rotatable bonds is 1. The summed E-state index contributed by atoms with van der Waals surface area (Å²) in [6.45, 7) is 0. The Hall–Kier alpha value is -1.12. The van der Waals surface area contributed by atoms with Crippen LogP contribution in [0.4, 0.5) is 0 Å². The maximum atomic E-state index is 12.9. The quantitative estimate of drug-likeness (QED) is 0.543. The van der Waals surface area contributed by atoms with Gasteiger partial charge in [0.1, 0.15) is 0 Å². The molecule has 0 N–H and O–H groups in total. The molecule has 4 atom stereocenters. The average Bonchev–Trinajstić information content (AvgIpc) is 3.06. The Morgan fingerprint density at radius 3 is 1.95 bits per heavy atom. The number of allylic oxidation sites excluding steroid dienone is 2. The highest BCUT2D eigenvalue weighted by atomic mass is 16.2. The smallest absolute Gasteiger partial charge is 0.233 e. The van der Waals surface area contributed by atoms with Crippen LogP contribution in [0.1, 0.15) is 44.9 Å². The molecule has 1 saturated heterocycles. The molecule has 0 aromatic rings. The number of carbonyl (C=O) groups is 2. The van der Waals surface area contributed by atoms with Crippen molar-refractivity contribution >= 4 is 11.8 Å². The summed E-state index contributed by atoms with van der Waals surface area (Å²) < 4.78 is 0. The molecule has 4 aliphatic carbocycles. The number of hydrogen-bond donors (Lipinski definition) is 0. The van der Waals surface area contributed by atoms with Crippen LogP contribution in [0.25, 0.3) is 0 Å². The van der Waals surface area contributed by atoms with E-state index in [0.29, 0.717) is 17.3 Å². The minimum atomic E-state index is 0.00178. The van der Waals surface area contributed by atoms with E-state index >= 15 is 0 Å². The van der Waals surface area contributed by atoms with E-state index in [-0.39, 0.29) is 29.7 Å². The predicted molar refractivity (Wildman–Crippen MR) is 73.5 cm³/mol. The SMILES string of the molecule is O=C1[C@@H]2[C@@H](C(=O)N1C1CCCCC1)[C@@H]1C=C[C@H]2C12CC2. The lowest BCUT2D eigenvalue weighted by molar-refractivity contribution is -0.144. The van der Waals surface area contributed by atoms with Crippen LogP contribution in [0.15, 0.2) is 12.2 Å². The van der Waals surface area contributed by atoms with Gasteiger partial charge in [0.2, 0.25) is 11.8 Å². The Morgan fingerprint density at radius 1 is 0.900 bits per heavy atom. The average molecular weight is 271 g/mol. The Morgan fingerprint density at radius 2 is 1.45 bits per heavy atom. The number of nitrogens with zero attached hydrogens (tertiary/aromatic N) is 1. The molecule has 0 aromatic heterocycles. The standard InChI is InChI=1S/C17H21NO2/c19-15-13-11-6-7-12(17(11)8-9-17)14(13)16(20)18(15)10-4-2-1-3-5-10/h6-7,10-14H,1-5,8-9H2/t11-,12+,13-,14-/m0/s1. The van der Waals surface area contributed by atoms with Gasteiger partial charge in [-0.3, -0.25) is 14.5 Å². The summed E-state index contributed by atoms with van der Waals surface area (Å²) in [4.78, 5) is 27.5. The Balaban J connectivity index is 1.50. The lowest BCUT2D eigenvalue weighted by atomic mass is 9.85. The molecule has 20 heavy (non-hydrogen) atoms. The van der Waals surface area contributed by atoms with Crippen LogP contribution in [-0.4, -0.2) is 22.8 Å². The van der Waals surface area contributed by atoms with Crippen molar-refractivity contribution in [1.82, 2.24) is 4.90 Å². The molecule has 5 aliphatic rings. The van der Waals surface area contributed by atoms with Crippen LogP contribution in [0.2, 0.25) is 0 Å². The van der Waals surface area contributed by atoms with Crippen molar-refractivity contribution in [3.8, 4) is 0 Å². The Bertz CT molecular complexity index is 493. The summed E-state index contributed by atoms with van der Waals surface area (Å²) in [7, 11) is 0. The molecule has 106 valence electrons. The zero-order chi connectivity index (χ0) is 13.5. The molecular formula is C17H21NO2. The first-order valence-electron chi connectivity index (χ1n) is 8.29. The van der Waals surface area contributed by atoms with Gasteiger partial charge in [-0.2, -0.15) is 0 Å². The van der Waals surface area contributed by atoms with Crippen LogP contribution in [-0.2, 0) is 9.59 Å². The molecule has 2 bridgehead atoms. The number of likely N-dealkylation sites (tertiary alicyclic amines) is 1. The summed E-state index contributed by atoms with van der Waals surface area (Å²) in [6.07, 6.45) is 12.6. The maximum Gasteiger partial charge on any atom is 0.233 e. The third kappa shape index (κ3) is 1.15. The van der Waals surface area contributed by atoms with Crippen molar-refractivity contribution in [3.05, 3.63) is 12.2 Å². The molecule has 1 spiro atoms. The largest absolute Gasteiger partial charge is 0.279 e. The normalized spacial score (nSPS) is 44.7. The highest BCUT2D eigenvalue weighted by Crippen LogP contribution is 2.73. The Kier molecular flexibility index (Phi) is 2.05. The second-order valence-electron chi connectivity index (χ2n) is 7.56. The summed E-state index contributed by atoms with van der Waals surface area (Å²) in [6, 6.07) is 0.212. The zero-order valence-corrected chi connectivity index (χ0v) is 11.8. The molecule has 0 radical (unpaired) electrons. The van der Waals surface area contributed by atoms with Crippen molar-refractivity contribution in [2.24, 2.45) is 29.1 Å². The van der Waals surface area contributed by atoms with Crippen molar-refractivity contribution < 1.29 is 9.59 Å². The Labute approximate surface area is 119 Å². The molecule has 2 amide bonds. The molecule has 1 heterocycles. The van der Waals surface area contributed by atoms with Gasteiger partial charge in [0.05, 0.1) is 11.8 Å². The van der Waals surface area contributed by atoms with E-state index in [1.807, 2.05) is 0 Å². The first-order chi connectivity index (χ1) is 9.74. The van der Waals surface area contributed by atoms with E-state index in [1.165, 1.54) is 32.1 Å². The van der Waals surface area contributed by atoms with E-state index in [1.54, 1.807) is 4.90 Å². The highest BCUT2D eigenvalue weighted by molar-refractivity contribution is 6.07. The van der Waals surface area contributed by atoms with Crippen LogP contribution in [0.5, 0.6) is 0 Å². The van der Waals surface area contributed by atoms with E-state index in [0.717, 1.165) is 12.8 Å².